The molecule has 0 aliphatic rings. The monoisotopic (exact) mass is 201 g/mol. The largest absolute Gasteiger partial charge is 0.0830 e. The third-order valence-electron chi connectivity index (χ3n) is 2.24. The Morgan fingerprint density at radius 1 is 1.00 bits per heavy atom. The zero-order chi connectivity index (χ0) is 9.97. The zero-order valence-electron chi connectivity index (χ0n) is 7.92. The molecule has 0 aliphatic carbocycles. The lowest BCUT2D eigenvalue weighted by atomic mass is 10.0. The van der Waals surface area contributed by atoms with Crippen molar-refractivity contribution in [1.82, 2.24) is 0 Å². The SMILES string of the molecule is Cc1ccccc1-c1ccc[c]c1Cl. The van der Waals surface area contributed by atoms with Gasteiger partial charge in [-0.25, -0.2) is 0 Å². The predicted molar refractivity (Wildman–Crippen MR) is 60.5 cm³/mol. The summed E-state index contributed by atoms with van der Waals surface area (Å²) < 4.78 is 0. The Morgan fingerprint density at radius 3 is 2.43 bits per heavy atom. The molecule has 0 amide bonds. The lowest BCUT2D eigenvalue weighted by Gasteiger charge is -2.06. The Labute approximate surface area is 89.2 Å². The summed E-state index contributed by atoms with van der Waals surface area (Å²) in [4.78, 5) is 0. The molecule has 0 atom stereocenters. The first kappa shape index (κ1) is 9.29. The van der Waals surface area contributed by atoms with E-state index in [2.05, 4.69) is 25.1 Å². The van der Waals surface area contributed by atoms with Crippen LogP contribution in [0, 0.1) is 13.0 Å². The number of halogens is 1. The molecule has 0 aromatic heterocycles. The van der Waals surface area contributed by atoms with Gasteiger partial charge in [-0.3, -0.25) is 0 Å². The van der Waals surface area contributed by atoms with Crippen molar-refractivity contribution >= 4 is 11.6 Å². The van der Waals surface area contributed by atoms with Gasteiger partial charge in [0.05, 0.1) is 5.02 Å². The average Bonchev–Trinajstić information content (AvgIpc) is 2.20. The van der Waals surface area contributed by atoms with Gasteiger partial charge in [0.15, 0.2) is 0 Å². The van der Waals surface area contributed by atoms with Crippen molar-refractivity contribution in [1.29, 1.82) is 0 Å². The normalized spacial score (nSPS) is 10.1. The molecule has 0 aliphatic heterocycles. The maximum atomic E-state index is 6.08. The summed E-state index contributed by atoms with van der Waals surface area (Å²) in [5, 5.41) is 0.682. The van der Waals surface area contributed by atoms with E-state index < -0.39 is 0 Å². The quantitative estimate of drug-likeness (QED) is 0.651. The highest BCUT2D eigenvalue weighted by molar-refractivity contribution is 6.33. The van der Waals surface area contributed by atoms with E-state index in [0.29, 0.717) is 5.02 Å². The highest BCUT2D eigenvalue weighted by Gasteiger charge is 2.03. The van der Waals surface area contributed by atoms with Crippen LogP contribution < -0.4 is 0 Å². The van der Waals surface area contributed by atoms with Gasteiger partial charge in [0.25, 0.3) is 0 Å². The first-order chi connectivity index (χ1) is 6.79. The summed E-state index contributed by atoms with van der Waals surface area (Å²) in [6.45, 7) is 2.08. The predicted octanol–water partition coefficient (Wildman–Crippen LogP) is 4.12. The van der Waals surface area contributed by atoms with Crippen molar-refractivity contribution in [3.05, 3.63) is 59.1 Å². The summed E-state index contributed by atoms with van der Waals surface area (Å²) in [5.74, 6) is 0. The van der Waals surface area contributed by atoms with E-state index in [4.69, 9.17) is 11.6 Å². The number of aryl methyl sites for hydroxylation is 1. The maximum Gasteiger partial charge on any atom is 0.0563 e. The van der Waals surface area contributed by atoms with Crippen LogP contribution in [0.3, 0.4) is 0 Å². The van der Waals surface area contributed by atoms with Gasteiger partial charge in [-0.1, -0.05) is 54.1 Å². The Kier molecular flexibility index (Phi) is 2.55. The zero-order valence-corrected chi connectivity index (χ0v) is 8.68. The van der Waals surface area contributed by atoms with Crippen LogP contribution in [0.15, 0.2) is 42.5 Å². The van der Waals surface area contributed by atoms with Gasteiger partial charge in [0.2, 0.25) is 0 Å². The smallest absolute Gasteiger partial charge is 0.0563 e. The fourth-order valence-corrected chi connectivity index (χ4v) is 1.73. The van der Waals surface area contributed by atoms with Crippen LogP contribution in [0.4, 0.5) is 0 Å². The molecule has 2 aromatic rings. The molecule has 0 fully saturated rings. The summed E-state index contributed by atoms with van der Waals surface area (Å²) in [6.07, 6.45) is 0. The van der Waals surface area contributed by atoms with E-state index in [1.165, 1.54) is 11.1 Å². The van der Waals surface area contributed by atoms with Crippen LogP contribution >= 0.6 is 11.6 Å². The van der Waals surface area contributed by atoms with Gasteiger partial charge in [0, 0.05) is 11.6 Å². The molecule has 69 valence electrons. The summed E-state index contributed by atoms with van der Waals surface area (Å²) in [6, 6.07) is 17.0. The molecule has 2 rings (SSSR count). The molecule has 1 heteroatoms. The minimum Gasteiger partial charge on any atom is -0.0830 e. The minimum atomic E-state index is 0.682. The standard InChI is InChI=1S/C13H10Cl/c1-10-6-2-3-7-11(10)12-8-4-5-9-13(12)14/h2-8H,1H3. The number of hydrogen-bond acceptors (Lipinski definition) is 0. The third-order valence-corrected chi connectivity index (χ3v) is 2.55. The molecule has 0 nitrogen and oxygen atoms in total. The Balaban J connectivity index is 2.61. The van der Waals surface area contributed by atoms with Crippen molar-refractivity contribution in [3.63, 3.8) is 0 Å². The minimum absolute atomic E-state index is 0.682. The molecule has 0 N–H and O–H groups in total. The second kappa shape index (κ2) is 3.85. The van der Waals surface area contributed by atoms with E-state index in [-0.39, 0.29) is 0 Å². The highest BCUT2D eigenvalue weighted by atomic mass is 35.5. The molecule has 0 saturated heterocycles. The van der Waals surface area contributed by atoms with Crippen LogP contribution in [-0.4, -0.2) is 0 Å². The van der Waals surface area contributed by atoms with Crippen LogP contribution in [-0.2, 0) is 0 Å². The van der Waals surface area contributed by atoms with Gasteiger partial charge in [0.1, 0.15) is 0 Å². The van der Waals surface area contributed by atoms with Gasteiger partial charge in [-0.05, 0) is 18.1 Å². The van der Waals surface area contributed by atoms with Gasteiger partial charge in [-0.15, -0.1) is 0 Å². The van der Waals surface area contributed by atoms with Gasteiger partial charge < -0.3 is 0 Å². The molecular weight excluding hydrogens is 192 g/mol. The van der Waals surface area contributed by atoms with Crippen molar-refractivity contribution < 1.29 is 0 Å². The Morgan fingerprint density at radius 2 is 1.71 bits per heavy atom. The molecule has 0 unspecified atom stereocenters. The van der Waals surface area contributed by atoms with Crippen LogP contribution in [0.5, 0.6) is 0 Å². The number of hydrogen-bond donors (Lipinski definition) is 0. The van der Waals surface area contributed by atoms with Gasteiger partial charge in [-0.2, -0.15) is 0 Å². The first-order valence-electron chi connectivity index (χ1n) is 4.51. The molecular formula is C13H10Cl. The van der Waals surface area contributed by atoms with Gasteiger partial charge >= 0.3 is 0 Å². The molecule has 0 heterocycles. The number of benzene rings is 2. The Bertz CT molecular complexity index is 403. The fourth-order valence-electron chi connectivity index (χ4n) is 1.50. The molecule has 0 spiro atoms. The fraction of sp³-hybridized carbons (Fsp3) is 0.0769. The van der Waals surface area contributed by atoms with Crippen LogP contribution in [0.25, 0.3) is 11.1 Å². The van der Waals surface area contributed by atoms with Crippen LogP contribution in [0.2, 0.25) is 5.02 Å². The van der Waals surface area contributed by atoms with Crippen molar-refractivity contribution in [2.45, 2.75) is 6.92 Å². The lowest BCUT2D eigenvalue weighted by Crippen LogP contribution is -1.83. The summed E-state index contributed by atoms with van der Waals surface area (Å²) in [7, 11) is 0. The van der Waals surface area contributed by atoms with E-state index >= 15 is 0 Å². The average molecular weight is 202 g/mol. The third kappa shape index (κ3) is 1.66. The highest BCUT2D eigenvalue weighted by Crippen LogP contribution is 2.29. The first-order valence-corrected chi connectivity index (χ1v) is 4.89. The van der Waals surface area contributed by atoms with Crippen LogP contribution in [0.1, 0.15) is 5.56 Å². The van der Waals surface area contributed by atoms with E-state index in [0.717, 1.165) is 5.56 Å². The van der Waals surface area contributed by atoms with E-state index in [1.807, 2.05) is 30.3 Å². The van der Waals surface area contributed by atoms with Crippen molar-refractivity contribution in [3.8, 4) is 11.1 Å². The van der Waals surface area contributed by atoms with Crippen molar-refractivity contribution in [2.24, 2.45) is 0 Å². The maximum absolute atomic E-state index is 6.08. The number of rotatable bonds is 1. The lowest BCUT2D eigenvalue weighted by molar-refractivity contribution is 1.46. The van der Waals surface area contributed by atoms with E-state index in [9.17, 15) is 0 Å². The molecule has 14 heavy (non-hydrogen) atoms. The Hall–Kier alpha value is -1.27. The molecule has 1 radical (unpaired) electrons. The molecule has 0 bridgehead atoms. The summed E-state index contributed by atoms with van der Waals surface area (Å²) >= 11 is 6.08. The topological polar surface area (TPSA) is 0 Å². The molecule has 0 saturated carbocycles. The summed E-state index contributed by atoms with van der Waals surface area (Å²) in [5.41, 5.74) is 3.45. The van der Waals surface area contributed by atoms with E-state index in [1.54, 1.807) is 0 Å². The second-order valence-corrected chi connectivity index (χ2v) is 3.59. The van der Waals surface area contributed by atoms with Crippen molar-refractivity contribution in [2.75, 3.05) is 0 Å². The second-order valence-electron chi connectivity index (χ2n) is 3.21. The molecule has 2 aromatic carbocycles.